The third-order valence-electron chi connectivity index (χ3n) is 5.28. The Hall–Kier alpha value is -2.49. The number of nitrogens with zero attached hydrogens (tertiary/aromatic N) is 3. The monoisotopic (exact) mass is 409 g/mol. The minimum atomic E-state index is -0.303. The highest BCUT2D eigenvalue weighted by molar-refractivity contribution is 8.00. The Labute approximate surface area is 177 Å². The largest absolute Gasteiger partial charge is 0.497 e. The van der Waals surface area contributed by atoms with Gasteiger partial charge in [0, 0.05) is 31.1 Å². The zero-order valence-corrected chi connectivity index (χ0v) is 18.0. The first-order valence-corrected chi connectivity index (χ1v) is 10.8. The quantitative estimate of drug-likeness (QED) is 0.679. The van der Waals surface area contributed by atoms with Crippen molar-refractivity contribution in [2.45, 2.75) is 24.8 Å². The molecule has 0 aromatic heterocycles. The first-order valence-electron chi connectivity index (χ1n) is 9.77. The molecule has 1 heterocycles. The Morgan fingerprint density at radius 2 is 1.83 bits per heavy atom. The fourth-order valence-corrected chi connectivity index (χ4v) is 4.50. The van der Waals surface area contributed by atoms with Crippen LogP contribution in [-0.4, -0.2) is 54.7 Å². The number of piperazine rings is 1. The molecule has 0 aliphatic carbocycles. The fourth-order valence-electron chi connectivity index (χ4n) is 3.48. The number of thioether (sulfide) groups is 1. The van der Waals surface area contributed by atoms with Crippen LogP contribution in [0.5, 0.6) is 5.75 Å². The Kier molecular flexibility index (Phi) is 7.18. The van der Waals surface area contributed by atoms with Crippen molar-refractivity contribution in [2.75, 3.05) is 39.0 Å². The van der Waals surface area contributed by atoms with Crippen LogP contribution in [0, 0.1) is 25.2 Å². The number of benzene rings is 2. The van der Waals surface area contributed by atoms with Crippen LogP contribution in [0.15, 0.2) is 47.4 Å². The number of rotatable bonds is 6. The summed E-state index contributed by atoms with van der Waals surface area (Å²) in [5, 5.41) is 9.69. The molecule has 0 saturated carbocycles. The van der Waals surface area contributed by atoms with Crippen molar-refractivity contribution in [2.24, 2.45) is 0 Å². The SMILES string of the molecule is COc1ccc(C(C#N)N2CCN(C(=O)CSc3cc(C)ccc3C)CC2)cc1. The van der Waals surface area contributed by atoms with Crippen LogP contribution in [0.3, 0.4) is 0 Å². The van der Waals surface area contributed by atoms with E-state index in [-0.39, 0.29) is 11.9 Å². The van der Waals surface area contributed by atoms with Gasteiger partial charge in [0.1, 0.15) is 11.8 Å². The standard InChI is InChI=1S/C23H27N3O2S/c1-17-4-5-18(2)22(14-17)29-16-23(27)26-12-10-25(11-13-26)21(15-24)19-6-8-20(28-3)9-7-19/h4-9,14,21H,10-13,16H2,1-3H3. The second-order valence-corrected chi connectivity index (χ2v) is 8.30. The van der Waals surface area contributed by atoms with Gasteiger partial charge in [-0.25, -0.2) is 0 Å². The van der Waals surface area contributed by atoms with Crippen LogP contribution in [0.4, 0.5) is 0 Å². The van der Waals surface area contributed by atoms with E-state index >= 15 is 0 Å². The molecule has 0 N–H and O–H groups in total. The maximum atomic E-state index is 12.7. The highest BCUT2D eigenvalue weighted by atomic mass is 32.2. The van der Waals surface area contributed by atoms with Crippen molar-refractivity contribution < 1.29 is 9.53 Å². The third kappa shape index (κ3) is 5.31. The lowest BCUT2D eigenvalue weighted by Gasteiger charge is -2.37. The Morgan fingerprint density at radius 1 is 1.14 bits per heavy atom. The molecule has 1 atom stereocenters. The predicted octanol–water partition coefficient (Wildman–Crippen LogP) is 3.81. The number of hydrogen-bond acceptors (Lipinski definition) is 5. The molecule has 1 aliphatic rings. The Balaban J connectivity index is 1.54. The summed E-state index contributed by atoms with van der Waals surface area (Å²) in [7, 11) is 1.63. The van der Waals surface area contributed by atoms with Crippen LogP contribution >= 0.6 is 11.8 Å². The number of ether oxygens (including phenoxy) is 1. The number of amides is 1. The average molecular weight is 410 g/mol. The van der Waals surface area contributed by atoms with Crippen molar-refractivity contribution in [3.8, 4) is 11.8 Å². The zero-order valence-electron chi connectivity index (χ0n) is 17.2. The molecule has 1 aliphatic heterocycles. The average Bonchev–Trinajstić information content (AvgIpc) is 2.75. The third-order valence-corrected chi connectivity index (χ3v) is 6.42. The van der Waals surface area contributed by atoms with E-state index in [1.165, 1.54) is 16.0 Å². The van der Waals surface area contributed by atoms with Gasteiger partial charge in [0.25, 0.3) is 0 Å². The van der Waals surface area contributed by atoms with Gasteiger partial charge in [-0.15, -0.1) is 11.8 Å². The van der Waals surface area contributed by atoms with Gasteiger partial charge >= 0.3 is 0 Å². The number of carbonyl (C=O) groups is 1. The first-order chi connectivity index (χ1) is 14.0. The molecule has 5 nitrogen and oxygen atoms in total. The Morgan fingerprint density at radius 3 is 2.45 bits per heavy atom. The zero-order chi connectivity index (χ0) is 20.8. The molecule has 2 aromatic rings. The second kappa shape index (κ2) is 9.82. The minimum absolute atomic E-state index is 0.161. The Bertz CT molecular complexity index is 884. The van der Waals surface area contributed by atoms with Gasteiger partial charge in [-0.05, 0) is 43.2 Å². The molecule has 1 amide bonds. The van der Waals surface area contributed by atoms with Crippen molar-refractivity contribution in [3.05, 3.63) is 59.2 Å². The summed E-state index contributed by atoms with van der Waals surface area (Å²) >= 11 is 1.61. The van der Waals surface area contributed by atoms with E-state index < -0.39 is 0 Å². The van der Waals surface area contributed by atoms with Crippen molar-refractivity contribution >= 4 is 17.7 Å². The van der Waals surface area contributed by atoms with E-state index in [0.29, 0.717) is 31.9 Å². The van der Waals surface area contributed by atoms with Gasteiger partial charge in [-0.2, -0.15) is 5.26 Å². The number of aryl methyl sites for hydroxylation is 2. The van der Waals surface area contributed by atoms with Crippen LogP contribution < -0.4 is 4.74 Å². The summed E-state index contributed by atoms with van der Waals surface area (Å²) < 4.78 is 5.19. The van der Waals surface area contributed by atoms with E-state index in [1.807, 2.05) is 29.2 Å². The highest BCUT2D eigenvalue weighted by Crippen LogP contribution is 2.26. The molecule has 0 radical (unpaired) electrons. The summed E-state index contributed by atoms with van der Waals surface area (Å²) in [4.78, 5) is 17.9. The van der Waals surface area contributed by atoms with Crippen LogP contribution in [-0.2, 0) is 4.79 Å². The summed E-state index contributed by atoms with van der Waals surface area (Å²) in [5.74, 6) is 1.39. The smallest absolute Gasteiger partial charge is 0.233 e. The van der Waals surface area contributed by atoms with Crippen molar-refractivity contribution in [1.82, 2.24) is 9.80 Å². The molecule has 2 aromatic carbocycles. The molecule has 3 rings (SSSR count). The molecule has 1 unspecified atom stereocenters. The normalized spacial score (nSPS) is 15.6. The van der Waals surface area contributed by atoms with E-state index in [1.54, 1.807) is 18.9 Å². The first kappa shape index (κ1) is 21.2. The summed E-state index contributed by atoms with van der Waals surface area (Å²) in [6.07, 6.45) is 0. The maximum absolute atomic E-state index is 12.7. The predicted molar refractivity (Wildman–Crippen MR) is 116 cm³/mol. The summed E-state index contributed by atoms with van der Waals surface area (Å²) in [6.45, 7) is 6.85. The molecule has 1 fully saturated rings. The molecule has 1 saturated heterocycles. The number of nitriles is 1. The number of hydrogen-bond donors (Lipinski definition) is 0. The summed E-state index contributed by atoms with van der Waals surface area (Å²) in [5.41, 5.74) is 3.37. The van der Waals surface area contributed by atoms with Gasteiger partial charge in [0.05, 0.1) is 18.9 Å². The van der Waals surface area contributed by atoms with Crippen LogP contribution in [0.1, 0.15) is 22.7 Å². The lowest BCUT2D eigenvalue weighted by molar-refractivity contribution is -0.130. The van der Waals surface area contributed by atoms with Crippen LogP contribution in [0.2, 0.25) is 0 Å². The lowest BCUT2D eigenvalue weighted by Crippen LogP contribution is -2.50. The van der Waals surface area contributed by atoms with Crippen LogP contribution in [0.25, 0.3) is 0 Å². The van der Waals surface area contributed by atoms with E-state index in [0.717, 1.165) is 11.3 Å². The molecule has 0 bridgehead atoms. The van der Waals surface area contributed by atoms with Gasteiger partial charge < -0.3 is 9.64 Å². The number of carbonyl (C=O) groups excluding carboxylic acids is 1. The minimum Gasteiger partial charge on any atom is -0.497 e. The van der Waals surface area contributed by atoms with Crippen molar-refractivity contribution in [3.63, 3.8) is 0 Å². The van der Waals surface area contributed by atoms with E-state index in [9.17, 15) is 10.1 Å². The lowest BCUT2D eigenvalue weighted by atomic mass is 10.1. The maximum Gasteiger partial charge on any atom is 0.233 e. The van der Waals surface area contributed by atoms with Gasteiger partial charge in [0.15, 0.2) is 0 Å². The molecular formula is C23H27N3O2S. The molecular weight excluding hydrogens is 382 g/mol. The van der Waals surface area contributed by atoms with Gasteiger partial charge in [-0.1, -0.05) is 29.8 Å². The molecule has 152 valence electrons. The highest BCUT2D eigenvalue weighted by Gasteiger charge is 2.27. The van der Waals surface area contributed by atoms with Gasteiger partial charge in [0.2, 0.25) is 5.91 Å². The molecule has 29 heavy (non-hydrogen) atoms. The fraction of sp³-hybridized carbons (Fsp3) is 0.391. The van der Waals surface area contributed by atoms with Gasteiger partial charge in [-0.3, -0.25) is 9.69 Å². The van der Waals surface area contributed by atoms with E-state index in [4.69, 9.17) is 4.74 Å². The second-order valence-electron chi connectivity index (χ2n) is 7.28. The topological polar surface area (TPSA) is 56.6 Å². The van der Waals surface area contributed by atoms with Crippen molar-refractivity contribution in [1.29, 1.82) is 5.26 Å². The molecule has 0 spiro atoms. The molecule has 6 heteroatoms. The number of methoxy groups -OCH3 is 1. The van der Waals surface area contributed by atoms with E-state index in [2.05, 4.69) is 43.0 Å². The summed E-state index contributed by atoms with van der Waals surface area (Å²) in [6, 6.07) is 16.1.